The minimum Gasteiger partial charge on any atom is -0.598 e. The number of halogens is 4. The first kappa shape index (κ1) is 23.3. The van der Waals surface area contributed by atoms with E-state index in [1.165, 1.54) is 24.3 Å². The lowest BCUT2D eigenvalue weighted by molar-refractivity contribution is -0.219. The summed E-state index contributed by atoms with van der Waals surface area (Å²) in [6.07, 6.45) is -5.45. The number of hydrogen-bond acceptors (Lipinski definition) is 3. The molecule has 0 spiro atoms. The van der Waals surface area contributed by atoms with Gasteiger partial charge in [-0.25, -0.2) is 4.79 Å². The molecule has 1 rings (SSSR count). The number of benzene rings is 1. The van der Waals surface area contributed by atoms with E-state index in [-0.39, 0.29) is 5.56 Å². The molecule has 0 aromatic heterocycles. The van der Waals surface area contributed by atoms with Gasteiger partial charge < -0.3 is 9.66 Å². The van der Waals surface area contributed by atoms with E-state index >= 15 is 0 Å². The lowest BCUT2D eigenvalue weighted by Gasteiger charge is -2.40. The van der Waals surface area contributed by atoms with Crippen LogP contribution in [0, 0.1) is 5.41 Å². The first-order valence-electron chi connectivity index (χ1n) is 7.79. The van der Waals surface area contributed by atoms with Crippen LogP contribution < -0.4 is 4.72 Å². The molecule has 0 bridgehead atoms. The van der Waals surface area contributed by atoms with Crippen LogP contribution in [-0.2, 0) is 21.7 Å². The predicted molar refractivity (Wildman–Crippen MR) is 98.9 cm³/mol. The molecule has 4 nitrogen and oxygen atoms in total. The quantitative estimate of drug-likeness (QED) is 0.603. The Balaban J connectivity index is 3.56. The maximum absolute atomic E-state index is 13.5. The van der Waals surface area contributed by atoms with Crippen molar-refractivity contribution >= 4 is 33.3 Å². The second kappa shape index (κ2) is 7.69. The van der Waals surface area contributed by atoms with Crippen molar-refractivity contribution in [2.24, 2.45) is 5.41 Å². The van der Waals surface area contributed by atoms with Gasteiger partial charge in [0.05, 0.1) is 5.41 Å². The van der Waals surface area contributed by atoms with Crippen molar-refractivity contribution < 1.29 is 27.6 Å². The van der Waals surface area contributed by atoms with Gasteiger partial charge >= 0.3 is 12.1 Å². The zero-order valence-electron chi connectivity index (χ0n) is 15.2. The van der Waals surface area contributed by atoms with Gasteiger partial charge in [-0.15, -0.1) is 4.72 Å². The Kier molecular flexibility index (Phi) is 6.88. The molecule has 9 heteroatoms. The minimum absolute atomic E-state index is 0.100. The van der Waals surface area contributed by atoms with Gasteiger partial charge in [0.25, 0.3) is 0 Å². The largest absolute Gasteiger partial charge is 0.598 e. The van der Waals surface area contributed by atoms with Gasteiger partial charge in [0.15, 0.2) is 5.54 Å². The smallest absolute Gasteiger partial charge is 0.394 e. The molecule has 0 amide bonds. The average molecular weight is 458 g/mol. The number of carbonyl (C=O) groups is 1. The van der Waals surface area contributed by atoms with E-state index in [9.17, 15) is 27.6 Å². The normalized spacial score (nSPS) is 16.8. The van der Waals surface area contributed by atoms with Crippen LogP contribution in [0.5, 0.6) is 0 Å². The van der Waals surface area contributed by atoms with Crippen molar-refractivity contribution in [2.45, 2.75) is 57.5 Å². The molecule has 0 aliphatic heterocycles. The molecule has 0 fully saturated rings. The number of aliphatic carboxylic acids is 1. The molecule has 1 aromatic rings. The van der Waals surface area contributed by atoms with Crippen LogP contribution in [0.2, 0.25) is 0 Å². The highest BCUT2D eigenvalue weighted by Crippen LogP contribution is 2.46. The molecule has 1 aromatic carbocycles. The van der Waals surface area contributed by atoms with E-state index in [1.54, 1.807) is 20.8 Å². The van der Waals surface area contributed by atoms with Gasteiger partial charge in [0, 0.05) is 15.8 Å². The van der Waals surface area contributed by atoms with E-state index < -0.39 is 45.6 Å². The summed E-state index contributed by atoms with van der Waals surface area (Å²) in [5.74, 6) is -1.52. The molecule has 26 heavy (non-hydrogen) atoms. The molecule has 2 N–H and O–H groups in total. The first-order chi connectivity index (χ1) is 11.5. The summed E-state index contributed by atoms with van der Waals surface area (Å²) in [6, 6.07) is 5.90. The van der Waals surface area contributed by atoms with Crippen molar-refractivity contribution in [2.75, 3.05) is 0 Å². The maximum atomic E-state index is 13.5. The van der Waals surface area contributed by atoms with Crippen molar-refractivity contribution in [1.29, 1.82) is 0 Å². The third-order valence-corrected chi connectivity index (χ3v) is 6.17. The fraction of sp³-hybridized carbons (Fsp3) is 0.588. The van der Waals surface area contributed by atoms with E-state index in [4.69, 9.17) is 0 Å². The van der Waals surface area contributed by atoms with Crippen molar-refractivity contribution in [3.63, 3.8) is 0 Å². The van der Waals surface area contributed by atoms with Crippen LogP contribution in [0.4, 0.5) is 13.2 Å². The fourth-order valence-electron chi connectivity index (χ4n) is 2.25. The van der Waals surface area contributed by atoms with Crippen molar-refractivity contribution in [3.8, 4) is 0 Å². The molecule has 0 aliphatic rings. The summed E-state index contributed by atoms with van der Waals surface area (Å²) in [7, 11) is 0. The zero-order chi connectivity index (χ0) is 20.6. The molecular formula is C17H23BrF3NO3S. The number of hydrogen-bond donors (Lipinski definition) is 2. The predicted octanol–water partition coefficient (Wildman–Crippen LogP) is 4.76. The van der Waals surface area contributed by atoms with Gasteiger partial charge in [-0.1, -0.05) is 41.9 Å². The molecule has 2 atom stereocenters. The molecule has 0 aliphatic carbocycles. The number of carboxylic acids is 1. The average Bonchev–Trinajstić information content (AvgIpc) is 2.44. The van der Waals surface area contributed by atoms with Crippen LogP contribution in [0.3, 0.4) is 0 Å². The van der Waals surface area contributed by atoms with Crippen LogP contribution >= 0.6 is 15.9 Å². The summed E-state index contributed by atoms with van der Waals surface area (Å²) in [6.45, 7) is 6.70. The van der Waals surface area contributed by atoms with E-state index in [0.29, 0.717) is 4.47 Å². The van der Waals surface area contributed by atoms with Crippen LogP contribution in [0.25, 0.3) is 0 Å². The van der Waals surface area contributed by atoms with Gasteiger partial charge in [-0.3, -0.25) is 0 Å². The Bertz CT molecular complexity index is 644. The van der Waals surface area contributed by atoms with Crippen LogP contribution in [-0.4, -0.2) is 26.6 Å². The highest BCUT2D eigenvalue weighted by Gasteiger charge is 2.57. The first-order valence-corrected chi connectivity index (χ1v) is 9.73. The molecule has 0 heterocycles. The standard InChI is InChI=1S/C17H23BrF3NO3S/c1-14(2,3)26(25)22-16(13(23)24,10-15(4,5)17(19,20)21)11-6-8-12(18)9-7-11/h6-9,22H,10H2,1-5H3,(H,23,24)/t16?,26-/m0/s1. The number of carboxylic acid groups (broad SMARTS) is 1. The Labute approximate surface area is 163 Å². The number of rotatable bonds is 6. The lowest BCUT2D eigenvalue weighted by atomic mass is 9.75. The third kappa shape index (κ3) is 5.15. The summed E-state index contributed by atoms with van der Waals surface area (Å²) in [4.78, 5) is 12.2. The topological polar surface area (TPSA) is 72.4 Å². The Morgan fingerprint density at radius 1 is 1.15 bits per heavy atom. The van der Waals surface area contributed by atoms with E-state index in [2.05, 4.69) is 20.7 Å². The Morgan fingerprint density at radius 2 is 1.62 bits per heavy atom. The Hall–Kier alpha value is -0.770. The van der Waals surface area contributed by atoms with Crippen molar-refractivity contribution in [1.82, 2.24) is 4.72 Å². The third-order valence-electron chi connectivity index (χ3n) is 4.00. The molecule has 148 valence electrons. The summed E-state index contributed by atoms with van der Waals surface area (Å²) < 4.78 is 55.3. The van der Waals surface area contributed by atoms with Crippen LogP contribution in [0.1, 0.15) is 46.6 Å². The van der Waals surface area contributed by atoms with Crippen molar-refractivity contribution in [3.05, 3.63) is 34.3 Å². The Morgan fingerprint density at radius 3 is 1.96 bits per heavy atom. The number of nitrogens with one attached hydrogen (secondary N) is 1. The number of alkyl halides is 3. The van der Waals surface area contributed by atoms with Gasteiger partial charge in [0.2, 0.25) is 0 Å². The second-order valence-corrected chi connectivity index (χ2v) is 10.6. The molecular weight excluding hydrogens is 435 g/mol. The molecule has 1 unspecified atom stereocenters. The summed E-state index contributed by atoms with van der Waals surface area (Å²) in [5.41, 5.74) is -4.39. The van der Waals surface area contributed by atoms with Gasteiger partial charge in [-0.2, -0.15) is 13.2 Å². The highest BCUT2D eigenvalue weighted by atomic mass is 79.9. The van der Waals surface area contributed by atoms with Crippen LogP contribution in [0.15, 0.2) is 28.7 Å². The fourth-order valence-corrected chi connectivity index (χ4v) is 3.41. The highest BCUT2D eigenvalue weighted by molar-refractivity contribution is 9.10. The summed E-state index contributed by atoms with van der Waals surface area (Å²) >= 11 is 1.31. The van der Waals surface area contributed by atoms with E-state index in [1.807, 2.05) is 0 Å². The summed E-state index contributed by atoms with van der Waals surface area (Å²) in [5, 5.41) is 9.91. The second-order valence-electron chi connectivity index (χ2n) is 7.76. The van der Waals surface area contributed by atoms with E-state index in [0.717, 1.165) is 13.8 Å². The SMILES string of the molecule is CC(C)(C)[S@+]([O-])NC(CC(C)(C)C(F)(F)F)(C(=O)O)c1ccc(Br)cc1. The minimum atomic E-state index is -4.63. The monoisotopic (exact) mass is 457 g/mol. The molecule has 0 saturated carbocycles. The zero-order valence-corrected chi connectivity index (χ0v) is 17.6. The maximum Gasteiger partial charge on any atom is 0.394 e. The van der Waals surface area contributed by atoms with Gasteiger partial charge in [0.1, 0.15) is 4.75 Å². The lowest BCUT2D eigenvalue weighted by Crippen LogP contribution is -2.58. The molecule has 0 saturated heterocycles. The molecule has 0 radical (unpaired) electrons. The van der Waals surface area contributed by atoms with Gasteiger partial charge in [-0.05, 0) is 44.9 Å².